The minimum atomic E-state index is -3.56. The molecule has 0 unspecified atom stereocenters. The molecule has 6 nitrogen and oxygen atoms in total. The maximum absolute atomic E-state index is 11.6. The molecule has 0 spiro atoms. The highest BCUT2D eigenvalue weighted by molar-refractivity contribution is 7.90. The number of rotatable bonds is 3. The lowest BCUT2D eigenvalue weighted by atomic mass is 10.3. The molecule has 94 valence electrons. The van der Waals surface area contributed by atoms with Crippen molar-refractivity contribution in [3.05, 3.63) is 42.1 Å². The molecule has 0 amide bonds. The molecule has 18 heavy (non-hydrogen) atoms. The summed E-state index contributed by atoms with van der Waals surface area (Å²) in [5, 5.41) is 12.5. The van der Waals surface area contributed by atoms with Gasteiger partial charge in [0, 0.05) is 12.3 Å². The summed E-state index contributed by atoms with van der Waals surface area (Å²) in [5.41, 5.74) is 0.185. The maximum atomic E-state index is 11.6. The van der Waals surface area contributed by atoms with Crippen LogP contribution in [0, 0.1) is 0 Å². The number of aromatic nitrogens is 2. The number of para-hydroxylation sites is 1. The molecular weight excluding hydrogens is 256 g/mol. The third kappa shape index (κ3) is 2.25. The molecule has 1 heterocycles. The molecule has 0 fully saturated rings. The Balaban J connectivity index is 2.70. The van der Waals surface area contributed by atoms with Crippen LogP contribution < -0.4 is 0 Å². The Morgan fingerprint density at radius 3 is 2.39 bits per heavy atom. The highest BCUT2D eigenvalue weighted by Gasteiger charge is 2.21. The highest BCUT2D eigenvalue weighted by Crippen LogP contribution is 2.17. The third-order valence-electron chi connectivity index (χ3n) is 2.28. The van der Waals surface area contributed by atoms with Gasteiger partial charge in [-0.05, 0) is 12.1 Å². The average Bonchev–Trinajstić information content (AvgIpc) is 2.74. The van der Waals surface area contributed by atoms with Gasteiger partial charge in [-0.2, -0.15) is 5.10 Å². The van der Waals surface area contributed by atoms with Gasteiger partial charge in [-0.15, -0.1) is 0 Å². The predicted molar refractivity (Wildman–Crippen MR) is 63.6 cm³/mol. The first kappa shape index (κ1) is 12.3. The van der Waals surface area contributed by atoms with E-state index in [9.17, 15) is 13.2 Å². The maximum Gasteiger partial charge on any atom is 0.356 e. The standard InChI is InChI=1S/C11H10N2O4S/c1-18(16,17)10-7-9(11(14)15)12-13(10)8-5-3-2-4-6-8/h2-7H,1H3,(H,14,15). The first-order valence-corrected chi connectivity index (χ1v) is 6.87. The Bertz CT molecular complexity index is 689. The SMILES string of the molecule is CS(=O)(=O)c1cc(C(=O)O)nn1-c1ccccc1. The molecule has 0 radical (unpaired) electrons. The number of carboxylic acid groups (broad SMARTS) is 1. The molecule has 0 aliphatic carbocycles. The number of hydrogen-bond donors (Lipinski definition) is 1. The van der Waals surface area contributed by atoms with Gasteiger partial charge in [0.2, 0.25) is 0 Å². The highest BCUT2D eigenvalue weighted by atomic mass is 32.2. The first-order chi connectivity index (χ1) is 8.39. The topological polar surface area (TPSA) is 89.3 Å². The number of hydrogen-bond acceptors (Lipinski definition) is 4. The van der Waals surface area contributed by atoms with Gasteiger partial charge in [0.15, 0.2) is 20.6 Å². The summed E-state index contributed by atoms with van der Waals surface area (Å²) in [7, 11) is -3.56. The van der Waals surface area contributed by atoms with Gasteiger partial charge in [0.05, 0.1) is 5.69 Å². The second kappa shape index (κ2) is 4.26. The van der Waals surface area contributed by atoms with Gasteiger partial charge >= 0.3 is 5.97 Å². The first-order valence-electron chi connectivity index (χ1n) is 4.98. The lowest BCUT2D eigenvalue weighted by Gasteiger charge is -2.04. The van der Waals surface area contributed by atoms with Crippen LogP contribution >= 0.6 is 0 Å². The van der Waals surface area contributed by atoms with E-state index in [0.717, 1.165) is 17.0 Å². The van der Waals surface area contributed by atoms with E-state index in [-0.39, 0.29) is 10.7 Å². The van der Waals surface area contributed by atoms with Crippen LogP contribution in [0.4, 0.5) is 0 Å². The van der Waals surface area contributed by atoms with Crippen LogP contribution in [0.5, 0.6) is 0 Å². The fourth-order valence-electron chi connectivity index (χ4n) is 1.49. The summed E-state index contributed by atoms with van der Waals surface area (Å²) in [5.74, 6) is -1.27. The van der Waals surface area contributed by atoms with E-state index in [2.05, 4.69) is 5.10 Å². The average molecular weight is 266 g/mol. The van der Waals surface area contributed by atoms with Crippen molar-refractivity contribution in [2.45, 2.75) is 5.03 Å². The summed E-state index contributed by atoms with van der Waals surface area (Å²) >= 11 is 0. The van der Waals surface area contributed by atoms with Gasteiger partial charge in [0.1, 0.15) is 0 Å². The molecule has 2 rings (SSSR count). The molecule has 1 N–H and O–H groups in total. The van der Waals surface area contributed by atoms with Gasteiger partial charge in [0.25, 0.3) is 0 Å². The molecule has 2 aromatic rings. The zero-order valence-corrected chi connectivity index (χ0v) is 10.3. The Kier molecular flexibility index (Phi) is 2.92. The molecule has 1 aromatic heterocycles. The van der Waals surface area contributed by atoms with Crippen molar-refractivity contribution in [1.82, 2.24) is 9.78 Å². The van der Waals surface area contributed by atoms with Crippen LogP contribution in [0.25, 0.3) is 5.69 Å². The van der Waals surface area contributed by atoms with E-state index in [0.29, 0.717) is 5.69 Å². The van der Waals surface area contributed by atoms with E-state index >= 15 is 0 Å². The molecule has 0 saturated carbocycles. The number of carbonyl (C=O) groups is 1. The van der Waals surface area contributed by atoms with Crippen molar-refractivity contribution in [1.29, 1.82) is 0 Å². The van der Waals surface area contributed by atoms with Gasteiger partial charge in [-0.3, -0.25) is 0 Å². The van der Waals surface area contributed by atoms with Crippen molar-refractivity contribution < 1.29 is 18.3 Å². The lowest BCUT2D eigenvalue weighted by molar-refractivity contribution is 0.0690. The van der Waals surface area contributed by atoms with Crippen LogP contribution in [0.3, 0.4) is 0 Å². The second-order valence-corrected chi connectivity index (χ2v) is 5.66. The Morgan fingerprint density at radius 2 is 1.89 bits per heavy atom. The molecule has 0 bridgehead atoms. The molecular formula is C11H10N2O4S. The summed E-state index contributed by atoms with van der Waals surface area (Å²) < 4.78 is 24.3. The molecule has 7 heteroatoms. The van der Waals surface area contributed by atoms with Crippen molar-refractivity contribution in [2.75, 3.05) is 6.26 Å². The van der Waals surface area contributed by atoms with Crippen molar-refractivity contribution in [3.8, 4) is 5.69 Å². The van der Waals surface area contributed by atoms with Crippen molar-refractivity contribution >= 4 is 15.8 Å². The van der Waals surface area contributed by atoms with Gasteiger partial charge in [-0.25, -0.2) is 17.9 Å². The smallest absolute Gasteiger partial charge is 0.356 e. The minimum absolute atomic E-state index is 0.147. The van der Waals surface area contributed by atoms with Crippen LogP contribution in [0.1, 0.15) is 10.5 Å². The fourth-order valence-corrected chi connectivity index (χ4v) is 2.27. The van der Waals surface area contributed by atoms with E-state index in [1.165, 1.54) is 0 Å². The Morgan fingerprint density at radius 1 is 1.28 bits per heavy atom. The molecule has 0 aliphatic heterocycles. The van der Waals surface area contributed by atoms with Crippen LogP contribution in [-0.2, 0) is 9.84 Å². The van der Waals surface area contributed by atoms with Crippen LogP contribution in [0.2, 0.25) is 0 Å². The molecule has 0 saturated heterocycles. The predicted octanol–water partition coefficient (Wildman–Crippen LogP) is 0.974. The minimum Gasteiger partial charge on any atom is -0.476 e. The van der Waals surface area contributed by atoms with Crippen molar-refractivity contribution in [2.24, 2.45) is 0 Å². The second-order valence-electron chi connectivity index (χ2n) is 3.69. The zero-order chi connectivity index (χ0) is 13.3. The molecule has 0 aliphatic rings. The Labute approximate surface area is 103 Å². The van der Waals surface area contributed by atoms with Gasteiger partial charge in [-0.1, -0.05) is 18.2 Å². The summed E-state index contributed by atoms with van der Waals surface area (Å²) in [6, 6.07) is 9.53. The van der Waals surface area contributed by atoms with E-state index in [1.807, 2.05) is 0 Å². The number of carboxylic acids is 1. The summed E-state index contributed by atoms with van der Waals surface area (Å²) in [6.45, 7) is 0. The quantitative estimate of drug-likeness (QED) is 0.894. The molecule has 0 atom stereocenters. The van der Waals surface area contributed by atoms with Gasteiger partial charge < -0.3 is 5.11 Å². The van der Waals surface area contributed by atoms with E-state index < -0.39 is 15.8 Å². The summed E-state index contributed by atoms with van der Waals surface area (Å²) in [4.78, 5) is 10.9. The van der Waals surface area contributed by atoms with Crippen LogP contribution in [-0.4, -0.2) is 35.5 Å². The molecule has 1 aromatic carbocycles. The lowest BCUT2D eigenvalue weighted by Crippen LogP contribution is -2.07. The Hall–Kier alpha value is -2.15. The number of aromatic carboxylic acids is 1. The number of benzene rings is 1. The van der Waals surface area contributed by atoms with E-state index in [4.69, 9.17) is 5.11 Å². The monoisotopic (exact) mass is 266 g/mol. The normalized spacial score (nSPS) is 11.4. The fraction of sp³-hybridized carbons (Fsp3) is 0.0909. The third-order valence-corrected chi connectivity index (χ3v) is 3.33. The number of sulfone groups is 1. The largest absolute Gasteiger partial charge is 0.476 e. The van der Waals surface area contributed by atoms with Crippen molar-refractivity contribution in [3.63, 3.8) is 0 Å². The van der Waals surface area contributed by atoms with Crippen LogP contribution in [0.15, 0.2) is 41.4 Å². The van der Waals surface area contributed by atoms with E-state index in [1.54, 1.807) is 30.3 Å². The summed E-state index contributed by atoms with van der Waals surface area (Å²) in [6.07, 6.45) is 1.01. The zero-order valence-electron chi connectivity index (χ0n) is 9.44. The number of nitrogens with zero attached hydrogens (tertiary/aromatic N) is 2.